The van der Waals surface area contributed by atoms with Crippen molar-refractivity contribution in [2.45, 2.75) is 91.4 Å². The molecule has 0 spiro atoms. The maximum atomic E-state index is 12.2. The zero-order valence-corrected chi connectivity index (χ0v) is 33.7. The Kier molecular flexibility index (Phi) is 12.3. The van der Waals surface area contributed by atoms with Gasteiger partial charge in [0.2, 0.25) is 0 Å². The van der Waals surface area contributed by atoms with E-state index in [0.29, 0.717) is 0 Å². The second-order valence-electron chi connectivity index (χ2n) is 14.0. The number of hydrogen-bond donors (Lipinski definition) is 1. The molecule has 247 valence electrons. The van der Waals surface area contributed by atoms with E-state index in [1.54, 1.807) is 0 Å². The van der Waals surface area contributed by atoms with Crippen LogP contribution in [0.25, 0.3) is 44.1 Å². The summed E-state index contributed by atoms with van der Waals surface area (Å²) in [4.78, 5) is 17.1. The number of rotatable bonds is 9. The normalized spacial score (nSPS) is 12.6. The smallest absolute Gasteiger partial charge is 0 e. The molecule has 4 nitrogen and oxygen atoms in total. The first kappa shape index (κ1) is 37.7. The van der Waals surface area contributed by atoms with Gasteiger partial charge >= 0.3 is 168 Å². The fraction of sp³-hybridized carbons (Fsp3) is 0.400. The molecule has 1 N–H and O–H groups in total. The van der Waals surface area contributed by atoms with Gasteiger partial charge in [-0.15, -0.1) is 0 Å². The Morgan fingerprint density at radius 3 is 2.13 bits per heavy atom. The zero-order chi connectivity index (χ0) is 33.2. The molecule has 0 unspecified atom stereocenters. The summed E-state index contributed by atoms with van der Waals surface area (Å²) in [6, 6.07) is 24.8. The van der Waals surface area contributed by atoms with E-state index in [1.807, 2.05) is 53.7 Å². The second-order valence-corrected chi connectivity index (χ2v) is 24.6. The predicted molar refractivity (Wildman–Crippen MR) is 194 cm³/mol. The molecule has 3 aromatic carbocycles. The number of carbonyl (C=O) groups excluding carboxylic acids is 1. The van der Waals surface area contributed by atoms with Gasteiger partial charge in [-0.1, -0.05) is 41.5 Å². The monoisotopic (exact) mass is 859 g/mol. The Labute approximate surface area is 291 Å². The van der Waals surface area contributed by atoms with Gasteiger partial charge in [0.25, 0.3) is 0 Å². The summed E-state index contributed by atoms with van der Waals surface area (Å²) in [6.07, 6.45) is 4.75. The summed E-state index contributed by atoms with van der Waals surface area (Å²) >= 11 is -1.85. The molecule has 0 aliphatic rings. The fourth-order valence-electron chi connectivity index (χ4n) is 5.50. The number of furan rings is 1. The number of ketones is 1. The van der Waals surface area contributed by atoms with E-state index in [-0.39, 0.29) is 42.5 Å². The minimum absolute atomic E-state index is 0. The molecule has 0 saturated carbocycles. The Morgan fingerprint density at radius 2 is 1.52 bits per heavy atom. The maximum absolute atomic E-state index is 12.2. The minimum Gasteiger partial charge on any atom is 0 e. The number of aliphatic hydroxyl groups excluding tert-OH is 1. The van der Waals surface area contributed by atoms with Gasteiger partial charge in [-0.25, -0.2) is 0 Å². The van der Waals surface area contributed by atoms with Gasteiger partial charge < -0.3 is 5.11 Å². The average molecular weight is 858 g/mol. The molecule has 46 heavy (non-hydrogen) atoms. The third kappa shape index (κ3) is 7.86. The van der Waals surface area contributed by atoms with Crippen molar-refractivity contribution in [1.82, 2.24) is 4.98 Å². The Hall–Kier alpha value is -2.73. The Balaban J connectivity index is 0.000000280. The fourth-order valence-corrected chi connectivity index (χ4v) is 7.95. The number of nitrogens with zero attached hydrogens (tertiary/aromatic N) is 1. The number of aliphatic hydroxyl groups is 1. The first-order chi connectivity index (χ1) is 21.2. The second kappa shape index (κ2) is 15.0. The van der Waals surface area contributed by atoms with Gasteiger partial charge in [-0.3, -0.25) is 4.79 Å². The van der Waals surface area contributed by atoms with Crippen LogP contribution in [-0.2, 0) is 24.9 Å². The van der Waals surface area contributed by atoms with Crippen molar-refractivity contribution in [2.24, 2.45) is 10.8 Å². The number of carbonyl (C=O) groups is 1. The van der Waals surface area contributed by atoms with E-state index in [1.165, 1.54) is 15.9 Å². The van der Waals surface area contributed by atoms with Crippen LogP contribution in [0.1, 0.15) is 72.8 Å². The number of fused-ring (bicyclic) bond motifs is 4. The third-order valence-electron chi connectivity index (χ3n) is 9.96. The van der Waals surface area contributed by atoms with Crippen LogP contribution in [-0.4, -0.2) is 29.1 Å². The zero-order valence-electron chi connectivity index (χ0n) is 29.2. The van der Waals surface area contributed by atoms with Crippen LogP contribution in [0.3, 0.4) is 0 Å². The van der Waals surface area contributed by atoms with Crippen molar-refractivity contribution < 1.29 is 34.4 Å². The molecule has 0 amide bonds. The molecule has 6 heteroatoms. The Bertz CT molecular complexity index is 1860. The molecule has 2 aromatic heterocycles. The van der Waals surface area contributed by atoms with E-state index < -0.39 is 13.3 Å². The first-order valence-electron chi connectivity index (χ1n) is 16.4. The summed E-state index contributed by atoms with van der Waals surface area (Å²) in [7, 11) is 0. The number of benzene rings is 3. The first-order valence-corrected chi connectivity index (χ1v) is 23.7. The van der Waals surface area contributed by atoms with Gasteiger partial charge in [0.1, 0.15) is 5.76 Å². The molecule has 2 heterocycles. The van der Waals surface area contributed by atoms with Crippen molar-refractivity contribution in [3.63, 3.8) is 0 Å². The van der Waals surface area contributed by atoms with E-state index >= 15 is 0 Å². The molecular weight excluding hydrogens is 807 g/mol. The van der Waals surface area contributed by atoms with Gasteiger partial charge in [0.05, 0.1) is 0 Å². The Morgan fingerprint density at radius 1 is 0.891 bits per heavy atom. The number of aromatic nitrogens is 1. The van der Waals surface area contributed by atoms with Crippen LogP contribution in [0.2, 0.25) is 17.3 Å². The van der Waals surface area contributed by atoms with Gasteiger partial charge in [0, 0.05) is 37.0 Å². The number of aryl methyl sites for hydroxylation is 1. The molecule has 0 aliphatic heterocycles. The van der Waals surface area contributed by atoms with E-state index in [9.17, 15) is 9.90 Å². The largest absolute Gasteiger partial charge is 0 e. The molecule has 0 saturated heterocycles. The van der Waals surface area contributed by atoms with Crippen molar-refractivity contribution in [1.29, 1.82) is 0 Å². The topological polar surface area (TPSA) is 63.3 Å². The molecule has 0 fully saturated rings. The maximum Gasteiger partial charge on any atom is 0 e. The van der Waals surface area contributed by atoms with Gasteiger partial charge in [-0.05, 0) is 25.7 Å². The summed E-state index contributed by atoms with van der Waals surface area (Å²) in [5.41, 5.74) is 5.11. The van der Waals surface area contributed by atoms with Crippen LogP contribution in [0, 0.1) is 23.8 Å². The van der Waals surface area contributed by atoms with Crippen molar-refractivity contribution in [2.75, 3.05) is 0 Å². The third-order valence-corrected chi connectivity index (χ3v) is 14.2. The summed E-state index contributed by atoms with van der Waals surface area (Å²) in [5.74, 6) is 7.54. The van der Waals surface area contributed by atoms with E-state index in [0.717, 1.165) is 70.0 Å². The van der Waals surface area contributed by atoms with Crippen molar-refractivity contribution >= 4 is 56.3 Å². The van der Waals surface area contributed by atoms with Crippen LogP contribution in [0.15, 0.2) is 76.9 Å². The molecule has 0 aliphatic carbocycles. The van der Waals surface area contributed by atoms with Gasteiger partial charge in [0.15, 0.2) is 5.78 Å². The standard InChI is InChI=1S/C25H22GeNO.C15H28O2.Ir/c1-16-13-20-19-7-5-6-8-24(19)28-25(20)21(14-16)23-11-9-17-15-18(26(2,3)4)10-12-22(17)27-23;1-7-14(5,8-2)12(16)11-13(17)15(6,9-3)10-4;/h5-13,15H,1-4H3;11,16H,7-10H2,1-6H3;/q-1;;/b;12-11-;. The number of para-hydroxylation sites is 1. The minimum atomic E-state index is -1.85. The van der Waals surface area contributed by atoms with Crippen LogP contribution >= 0.6 is 0 Å². The van der Waals surface area contributed by atoms with E-state index in [2.05, 4.69) is 78.8 Å². The van der Waals surface area contributed by atoms with E-state index in [4.69, 9.17) is 9.40 Å². The number of allylic oxidation sites excluding steroid dienone is 2. The molecule has 1 radical (unpaired) electrons. The molecule has 5 rings (SSSR count). The van der Waals surface area contributed by atoms with Crippen molar-refractivity contribution in [3.05, 3.63) is 84.1 Å². The summed E-state index contributed by atoms with van der Waals surface area (Å²) in [6.45, 7) is 14.2. The molecule has 5 aromatic rings. The van der Waals surface area contributed by atoms with Crippen LogP contribution in [0.4, 0.5) is 0 Å². The summed E-state index contributed by atoms with van der Waals surface area (Å²) in [5, 5.41) is 13.6. The average Bonchev–Trinajstić information content (AvgIpc) is 3.41. The number of pyridine rings is 1. The summed E-state index contributed by atoms with van der Waals surface area (Å²) < 4.78 is 7.71. The molecular formula is C40H50GeIrNO3-. The van der Waals surface area contributed by atoms with Crippen LogP contribution in [0.5, 0.6) is 0 Å². The predicted octanol–water partition coefficient (Wildman–Crippen LogP) is 11.1. The van der Waals surface area contributed by atoms with Crippen LogP contribution < -0.4 is 4.40 Å². The molecule has 0 atom stereocenters. The van der Waals surface area contributed by atoms with Crippen molar-refractivity contribution in [3.8, 4) is 11.3 Å². The quantitative estimate of drug-likeness (QED) is 0.0694. The molecule has 0 bridgehead atoms. The SMILES string of the molecule is CCC(C)(CC)C(=O)/C=C(\O)C(C)(CC)CC.Cc1[c-]c(-c2ccc3c[c]([Ge]([CH3])([CH3])[CH3])ccc3n2)c2oc3ccccc3c2c1.[Ir]. The van der Waals surface area contributed by atoms with Gasteiger partial charge in [-0.2, -0.15) is 0 Å². The number of hydrogen-bond acceptors (Lipinski definition) is 4.